The number of hydrogen-bond acceptors (Lipinski definition) is 4. The minimum absolute atomic E-state index is 0.0143. The topological polar surface area (TPSA) is 45.7 Å². The van der Waals surface area contributed by atoms with Gasteiger partial charge in [0.2, 0.25) is 0 Å². The van der Waals surface area contributed by atoms with Gasteiger partial charge in [0.15, 0.2) is 0 Å². The normalized spacial score (nSPS) is 17.3. The number of fused-ring (bicyclic) bond motifs is 1. The second-order valence-electron chi connectivity index (χ2n) is 6.13. The lowest BCUT2D eigenvalue weighted by atomic mass is 10.0. The molecule has 1 aromatic heterocycles. The third kappa shape index (κ3) is 2.53. The maximum atomic E-state index is 13.7. The molecule has 0 radical (unpaired) electrons. The molecule has 1 fully saturated rings. The molecule has 0 N–H and O–H groups in total. The van der Waals surface area contributed by atoms with E-state index in [-0.39, 0.29) is 11.7 Å². The summed E-state index contributed by atoms with van der Waals surface area (Å²) in [7, 11) is 1.77. The SMILES string of the molecule is CN1Cc2c(cc(N3CCOCC3)nc2-c2cccc(F)c2)C1=O. The summed E-state index contributed by atoms with van der Waals surface area (Å²) in [5.74, 6) is 0.428. The smallest absolute Gasteiger partial charge is 0.254 e. The molecule has 0 spiro atoms. The van der Waals surface area contributed by atoms with Crippen molar-refractivity contribution in [1.82, 2.24) is 9.88 Å². The zero-order valence-electron chi connectivity index (χ0n) is 13.5. The number of carbonyl (C=O) groups excluding carboxylic acids is 1. The van der Waals surface area contributed by atoms with Gasteiger partial charge in [-0.1, -0.05) is 12.1 Å². The van der Waals surface area contributed by atoms with Crippen LogP contribution in [0.5, 0.6) is 0 Å². The Labute approximate surface area is 139 Å². The van der Waals surface area contributed by atoms with E-state index in [1.807, 2.05) is 12.1 Å². The Morgan fingerprint density at radius 1 is 1.21 bits per heavy atom. The number of rotatable bonds is 2. The van der Waals surface area contributed by atoms with Crippen LogP contribution < -0.4 is 4.90 Å². The first-order valence-corrected chi connectivity index (χ1v) is 8.01. The van der Waals surface area contributed by atoms with E-state index in [0.29, 0.717) is 36.6 Å². The number of morpholine rings is 1. The van der Waals surface area contributed by atoms with Gasteiger partial charge in [0.05, 0.1) is 24.5 Å². The summed E-state index contributed by atoms with van der Waals surface area (Å²) in [6.07, 6.45) is 0. The predicted molar refractivity (Wildman–Crippen MR) is 88.5 cm³/mol. The van der Waals surface area contributed by atoms with Gasteiger partial charge >= 0.3 is 0 Å². The third-order valence-corrected chi connectivity index (χ3v) is 4.52. The van der Waals surface area contributed by atoms with Gasteiger partial charge in [-0.25, -0.2) is 9.37 Å². The second-order valence-corrected chi connectivity index (χ2v) is 6.13. The molecule has 2 aromatic rings. The van der Waals surface area contributed by atoms with Gasteiger partial charge < -0.3 is 14.5 Å². The molecule has 0 bridgehead atoms. The minimum Gasteiger partial charge on any atom is -0.378 e. The molecule has 0 unspecified atom stereocenters. The maximum Gasteiger partial charge on any atom is 0.254 e. The lowest BCUT2D eigenvalue weighted by Crippen LogP contribution is -2.37. The van der Waals surface area contributed by atoms with E-state index >= 15 is 0 Å². The van der Waals surface area contributed by atoms with Crippen LogP contribution in [0, 0.1) is 5.82 Å². The van der Waals surface area contributed by atoms with Crippen molar-refractivity contribution >= 4 is 11.7 Å². The summed E-state index contributed by atoms with van der Waals surface area (Å²) in [6, 6.07) is 8.23. The molecular formula is C18H18FN3O2. The zero-order chi connectivity index (χ0) is 16.7. The quantitative estimate of drug-likeness (QED) is 0.849. The van der Waals surface area contributed by atoms with Gasteiger partial charge in [-0.05, 0) is 18.2 Å². The fourth-order valence-corrected chi connectivity index (χ4v) is 3.25. The molecular weight excluding hydrogens is 309 g/mol. The van der Waals surface area contributed by atoms with Crippen LogP contribution in [0.1, 0.15) is 15.9 Å². The number of hydrogen-bond donors (Lipinski definition) is 0. The monoisotopic (exact) mass is 327 g/mol. The van der Waals surface area contributed by atoms with Crippen LogP contribution in [0.2, 0.25) is 0 Å². The van der Waals surface area contributed by atoms with E-state index in [0.717, 1.165) is 24.5 Å². The Kier molecular flexibility index (Phi) is 3.69. The van der Waals surface area contributed by atoms with Crippen LogP contribution in [0.3, 0.4) is 0 Å². The lowest BCUT2D eigenvalue weighted by Gasteiger charge is -2.28. The Balaban J connectivity index is 1.87. The molecule has 6 heteroatoms. The summed E-state index contributed by atoms with van der Waals surface area (Å²) in [6.45, 7) is 3.25. The van der Waals surface area contributed by atoms with Gasteiger partial charge in [0.25, 0.3) is 5.91 Å². The number of pyridine rings is 1. The summed E-state index contributed by atoms with van der Waals surface area (Å²) in [5, 5.41) is 0. The third-order valence-electron chi connectivity index (χ3n) is 4.52. The Bertz CT molecular complexity index is 803. The molecule has 5 nitrogen and oxygen atoms in total. The van der Waals surface area contributed by atoms with Crippen LogP contribution in [0.25, 0.3) is 11.3 Å². The van der Waals surface area contributed by atoms with Crippen LogP contribution >= 0.6 is 0 Å². The molecule has 4 rings (SSSR count). The molecule has 1 amide bonds. The number of ether oxygens (including phenoxy) is 1. The maximum absolute atomic E-state index is 13.7. The first-order valence-electron chi connectivity index (χ1n) is 8.01. The number of halogens is 1. The number of anilines is 1. The highest BCUT2D eigenvalue weighted by molar-refractivity contribution is 6.00. The van der Waals surface area contributed by atoms with Crippen LogP contribution in [0.15, 0.2) is 30.3 Å². The van der Waals surface area contributed by atoms with Gasteiger partial charge in [0, 0.05) is 37.8 Å². The molecule has 1 saturated heterocycles. The van der Waals surface area contributed by atoms with Crippen molar-refractivity contribution < 1.29 is 13.9 Å². The minimum atomic E-state index is -0.308. The highest BCUT2D eigenvalue weighted by Gasteiger charge is 2.30. The molecule has 0 saturated carbocycles. The van der Waals surface area contributed by atoms with E-state index in [9.17, 15) is 9.18 Å². The average molecular weight is 327 g/mol. The number of amides is 1. The molecule has 0 atom stereocenters. The van der Waals surface area contributed by atoms with Gasteiger partial charge in [0.1, 0.15) is 11.6 Å². The largest absolute Gasteiger partial charge is 0.378 e. The number of aromatic nitrogens is 1. The molecule has 1 aromatic carbocycles. The summed E-state index contributed by atoms with van der Waals surface area (Å²) < 4.78 is 19.1. The van der Waals surface area contributed by atoms with Crippen molar-refractivity contribution in [2.45, 2.75) is 6.54 Å². The molecule has 3 heterocycles. The predicted octanol–water partition coefficient (Wildman–Crippen LogP) is 2.31. The van der Waals surface area contributed by atoms with Crippen molar-refractivity contribution in [2.75, 3.05) is 38.3 Å². The summed E-state index contributed by atoms with van der Waals surface area (Å²) in [4.78, 5) is 21.0. The first kappa shape index (κ1) is 15.1. The highest BCUT2D eigenvalue weighted by Crippen LogP contribution is 2.34. The molecule has 2 aliphatic heterocycles. The zero-order valence-corrected chi connectivity index (χ0v) is 13.5. The van der Waals surface area contributed by atoms with E-state index in [2.05, 4.69) is 4.90 Å². The fraction of sp³-hybridized carbons (Fsp3) is 0.333. The van der Waals surface area contributed by atoms with Crippen molar-refractivity contribution in [1.29, 1.82) is 0 Å². The van der Waals surface area contributed by atoms with Crippen LogP contribution in [-0.4, -0.2) is 49.1 Å². The lowest BCUT2D eigenvalue weighted by molar-refractivity contribution is 0.0816. The van der Waals surface area contributed by atoms with E-state index in [1.165, 1.54) is 12.1 Å². The average Bonchev–Trinajstić information content (AvgIpc) is 2.89. The highest BCUT2D eigenvalue weighted by atomic mass is 19.1. The summed E-state index contributed by atoms with van der Waals surface area (Å²) in [5.41, 5.74) is 2.91. The number of nitrogens with zero attached hydrogens (tertiary/aromatic N) is 3. The number of carbonyl (C=O) groups is 1. The molecule has 24 heavy (non-hydrogen) atoms. The second kappa shape index (κ2) is 5.87. The first-order chi connectivity index (χ1) is 11.6. The van der Waals surface area contributed by atoms with Crippen LogP contribution in [-0.2, 0) is 11.3 Å². The number of benzene rings is 1. The Hall–Kier alpha value is -2.47. The van der Waals surface area contributed by atoms with Crippen molar-refractivity contribution in [2.24, 2.45) is 0 Å². The van der Waals surface area contributed by atoms with E-state index < -0.39 is 0 Å². The van der Waals surface area contributed by atoms with Gasteiger partial charge in [-0.15, -0.1) is 0 Å². The molecule has 2 aliphatic rings. The fourth-order valence-electron chi connectivity index (χ4n) is 3.25. The van der Waals surface area contributed by atoms with E-state index in [4.69, 9.17) is 9.72 Å². The Morgan fingerprint density at radius 2 is 2.00 bits per heavy atom. The standard InChI is InChI=1S/C18H18FN3O2/c1-21-11-15-14(18(21)23)10-16(22-5-7-24-8-6-22)20-17(15)12-3-2-4-13(19)9-12/h2-4,9-10H,5-8,11H2,1H3. The molecule has 0 aliphatic carbocycles. The van der Waals surface area contributed by atoms with E-state index in [1.54, 1.807) is 18.0 Å². The van der Waals surface area contributed by atoms with Crippen LogP contribution in [0.4, 0.5) is 10.2 Å². The van der Waals surface area contributed by atoms with Crippen molar-refractivity contribution in [3.63, 3.8) is 0 Å². The van der Waals surface area contributed by atoms with Crippen molar-refractivity contribution in [3.05, 3.63) is 47.3 Å². The Morgan fingerprint density at radius 3 is 2.75 bits per heavy atom. The van der Waals surface area contributed by atoms with Crippen molar-refractivity contribution in [3.8, 4) is 11.3 Å². The summed E-state index contributed by atoms with van der Waals surface area (Å²) >= 11 is 0. The molecule has 124 valence electrons. The van der Waals surface area contributed by atoms with Gasteiger partial charge in [-0.2, -0.15) is 0 Å². The van der Waals surface area contributed by atoms with Gasteiger partial charge in [-0.3, -0.25) is 4.79 Å².